The van der Waals surface area contributed by atoms with Crippen LogP contribution in [0.4, 0.5) is 0 Å². The first-order chi connectivity index (χ1) is 28.1. The minimum absolute atomic E-state index is 0.337. The molecule has 1 N–H and O–H groups in total. The van der Waals surface area contributed by atoms with Crippen molar-refractivity contribution in [2.75, 3.05) is 0 Å². The maximum absolute atomic E-state index is 10.0. The van der Waals surface area contributed by atoms with Gasteiger partial charge in [-0.25, -0.2) is 0 Å². The molecule has 0 radical (unpaired) electrons. The van der Waals surface area contributed by atoms with Gasteiger partial charge in [0, 0.05) is 6.42 Å². The van der Waals surface area contributed by atoms with Gasteiger partial charge in [-0.05, 0) is 6.42 Å². The van der Waals surface area contributed by atoms with Crippen LogP contribution in [0, 0.1) is 0 Å². The van der Waals surface area contributed by atoms with Crippen molar-refractivity contribution in [3.8, 4) is 0 Å². The number of hydrogen-bond acceptors (Lipinski definition) is 1. The van der Waals surface area contributed by atoms with Crippen LogP contribution in [-0.2, 0) is 4.79 Å². The summed E-state index contributed by atoms with van der Waals surface area (Å²) in [4.78, 5) is 10.0. The van der Waals surface area contributed by atoms with Gasteiger partial charge in [0.15, 0.2) is 0 Å². The fourth-order valence-corrected chi connectivity index (χ4v) is 4.88. The topological polar surface area (TPSA) is 37.3 Å². The van der Waals surface area contributed by atoms with E-state index < -0.39 is 5.97 Å². The van der Waals surface area contributed by atoms with E-state index in [2.05, 4.69) is 118 Å². The largest absolute Gasteiger partial charge is 0.481 e. The summed E-state index contributed by atoms with van der Waals surface area (Å²) in [5.41, 5.74) is 0. The highest BCUT2D eigenvalue weighted by Gasteiger charge is 1.94. The Kier molecular flexibility index (Phi) is 143. The Labute approximate surface area is 376 Å². The Bertz CT molecular complexity index is 361. The van der Waals surface area contributed by atoms with Crippen LogP contribution in [0.25, 0.3) is 0 Å². The number of carboxylic acids is 1. The molecule has 0 saturated heterocycles. The van der Waals surface area contributed by atoms with Gasteiger partial charge in [0.05, 0.1) is 0 Å². The van der Waals surface area contributed by atoms with E-state index in [1.807, 2.05) is 0 Å². The molecule has 0 aliphatic rings. The van der Waals surface area contributed by atoms with E-state index in [1.165, 1.54) is 225 Å². The molecule has 0 fully saturated rings. The average molecular weight is 834 g/mol. The molecule has 0 unspecified atom stereocenters. The smallest absolute Gasteiger partial charge is 0.303 e. The van der Waals surface area contributed by atoms with Gasteiger partial charge >= 0.3 is 5.97 Å². The molecule has 58 heavy (non-hydrogen) atoms. The van der Waals surface area contributed by atoms with Crippen LogP contribution in [0.15, 0.2) is 0 Å². The Balaban J connectivity index is -0.0000000670. The normalized spacial score (nSPS) is 9.12. The molecule has 0 rings (SSSR count). The van der Waals surface area contributed by atoms with Crippen molar-refractivity contribution in [3.63, 3.8) is 0 Å². The van der Waals surface area contributed by atoms with Crippen LogP contribution in [0.2, 0.25) is 0 Å². The van der Waals surface area contributed by atoms with Crippen molar-refractivity contribution in [3.05, 3.63) is 0 Å². The van der Waals surface area contributed by atoms with E-state index in [9.17, 15) is 4.79 Å². The van der Waals surface area contributed by atoms with Crippen molar-refractivity contribution < 1.29 is 9.90 Å². The number of rotatable bonds is 30. The Morgan fingerprint density at radius 3 is 0.414 bits per heavy atom. The third-order valence-corrected chi connectivity index (χ3v) is 9.15. The minimum Gasteiger partial charge on any atom is -0.481 e. The zero-order valence-corrected chi connectivity index (χ0v) is 45.2. The monoisotopic (exact) mass is 833 g/mol. The second-order valence-corrected chi connectivity index (χ2v) is 16.2. The van der Waals surface area contributed by atoms with E-state index >= 15 is 0 Å². The molecule has 2 heteroatoms. The summed E-state index contributed by atoms with van der Waals surface area (Å²) >= 11 is 0. The molecular weight excluding hydrogens is 705 g/mol. The summed E-state index contributed by atoms with van der Waals surface area (Å²) in [7, 11) is 0. The predicted octanol–water partition coefficient (Wildman–Crippen LogP) is 23.1. The lowest BCUT2D eigenvalue weighted by Crippen LogP contribution is -1.93. The lowest BCUT2D eigenvalue weighted by molar-refractivity contribution is -0.137. The molecule has 0 spiro atoms. The maximum Gasteiger partial charge on any atom is 0.303 e. The van der Waals surface area contributed by atoms with Gasteiger partial charge in [-0.1, -0.05) is 349 Å². The number of carbonyl (C=O) groups is 1. The second kappa shape index (κ2) is 106. The van der Waals surface area contributed by atoms with E-state index in [0.717, 1.165) is 12.8 Å². The van der Waals surface area contributed by atoms with Crippen LogP contribution in [-0.4, -0.2) is 11.1 Å². The third-order valence-electron chi connectivity index (χ3n) is 9.15. The molecule has 0 bridgehead atoms. The predicted molar refractivity (Wildman–Crippen MR) is 280 cm³/mol. The van der Waals surface area contributed by atoms with Crippen LogP contribution >= 0.6 is 0 Å². The Morgan fingerprint density at radius 1 is 0.207 bits per heavy atom. The van der Waals surface area contributed by atoms with Crippen molar-refractivity contribution >= 4 is 5.97 Å². The number of hydrogen-bond donors (Lipinski definition) is 1. The quantitative estimate of drug-likeness (QED) is 0.0732. The van der Waals surface area contributed by atoms with Gasteiger partial charge in [0.1, 0.15) is 0 Å². The first kappa shape index (κ1) is 78.0. The second-order valence-electron chi connectivity index (χ2n) is 16.2. The molecule has 0 amide bonds. The van der Waals surface area contributed by atoms with Gasteiger partial charge in [0.25, 0.3) is 0 Å². The molecule has 0 heterocycles. The van der Waals surface area contributed by atoms with Crippen LogP contribution in [0.1, 0.15) is 362 Å². The Hall–Kier alpha value is -0.530. The fourth-order valence-electron chi connectivity index (χ4n) is 4.88. The molecule has 0 atom stereocenters. The zero-order chi connectivity index (χ0) is 46.4. The van der Waals surface area contributed by atoms with Crippen molar-refractivity contribution in [1.82, 2.24) is 0 Å². The van der Waals surface area contributed by atoms with Crippen molar-refractivity contribution in [2.45, 2.75) is 362 Å². The summed E-state index contributed by atoms with van der Waals surface area (Å²) in [6.45, 7) is 37.9. The van der Waals surface area contributed by atoms with E-state index in [4.69, 9.17) is 5.11 Å². The number of aliphatic carboxylic acids is 1. The first-order valence-electron chi connectivity index (χ1n) is 27.3. The highest BCUT2D eigenvalue weighted by atomic mass is 16.4. The first-order valence-corrected chi connectivity index (χ1v) is 27.3. The minimum atomic E-state index is -0.670. The van der Waals surface area contributed by atoms with E-state index in [-0.39, 0.29) is 0 Å². The van der Waals surface area contributed by atoms with E-state index in [0.29, 0.717) is 6.42 Å². The molecule has 364 valence electrons. The van der Waals surface area contributed by atoms with Crippen LogP contribution in [0.5, 0.6) is 0 Å². The summed E-state index contributed by atoms with van der Waals surface area (Å²) < 4.78 is 0. The fraction of sp³-hybridized carbons (Fsp3) is 0.982. The highest BCUT2D eigenvalue weighted by Crippen LogP contribution is 2.04. The molecule has 0 aromatic heterocycles. The zero-order valence-electron chi connectivity index (χ0n) is 45.2. The molecule has 2 nitrogen and oxygen atoms in total. The van der Waals surface area contributed by atoms with Crippen LogP contribution < -0.4 is 0 Å². The maximum atomic E-state index is 10.0. The average Bonchev–Trinajstić information content (AvgIpc) is 3.24. The van der Waals surface area contributed by atoms with Crippen LogP contribution in [0.3, 0.4) is 0 Å². The lowest BCUT2D eigenvalue weighted by atomic mass is 10.1. The molecule has 0 aromatic carbocycles. The van der Waals surface area contributed by atoms with Crippen molar-refractivity contribution in [1.29, 1.82) is 0 Å². The van der Waals surface area contributed by atoms with Gasteiger partial charge in [-0.15, -0.1) is 0 Å². The summed E-state index contributed by atoms with van der Waals surface area (Å²) in [5, 5.41) is 8.27. The summed E-state index contributed by atoms with van der Waals surface area (Å²) in [6.07, 6.45) is 50.2. The summed E-state index contributed by atoms with van der Waals surface area (Å²) in [6, 6.07) is 0. The molecule has 0 aliphatic heterocycles. The third kappa shape index (κ3) is 177. The molecule has 0 saturated carbocycles. The number of unbranched alkanes of at least 4 members (excludes halogenated alkanes) is 28. The van der Waals surface area contributed by atoms with Gasteiger partial charge in [-0.2, -0.15) is 0 Å². The van der Waals surface area contributed by atoms with Crippen molar-refractivity contribution in [2.24, 2.45) is 0 Å². The van der Waals surface area contributed by atoms with Gasteiger partial charge in [0.2, 0.25) is 0 Å². The molecule has 0 aliphatic carbocycles. The van der Waals surface area contributed by atoms with E-state index in [1.54, 1.807) is 0 Å². The number of carboxylic acid groups (broad SMARTS) is 1. The Morgan fingerprint density at radius 2 is 0.310 bits per heavy atom. The highest BCUT2D eigenvalue weighted by molar-refractivity contribution is 5.66. The standard InChI is InChI=1S/C8H16O2.8C6H14/c1-2-3-4-5-6-7-8(9)10;8*1-3-5-6-4-2/h2-7H2,1H3,(H,9,10);8*3-6H2,1-2H3. The van der Waals surface area contributed by atoms with Gasteiger partial charge < -0.3 is 5.11 Å². The molecule has 0 aromatic rings. The summed E-state index contributed by atoms with van der Waals surface area (Å²) in [5.74, 6) is -0.670. The van der Waals surface area contributed by atoms with Gasteiger partial charge in [-0.3, -0.25) is 4.79 Å². The SMILES string of the molecule is CCCCCC.CCCCCC.CCCCCC.CCCCCC.CCCCCC.CCCCCC.CCCCCC.CCCCCC.CCCCCCCC(=O)O. The molecular formula is C56H128O2. The lowest BCUT2D eigenvalue weighted by Gasteiger charge is -1.95.